The van der Waals surface area contributed by atoms with Crippen molar-refractivity contribution in [2.24, 2.45) is 0 Å². The molecule has 1 N–H and O–H groups in total. The van der Waals surface area contributed by atoms with Gasteiger partial charge in [-0.3, -0.25) is 9.10 Å². The number of nitrogens with zero attached hydrogens (tertiary/aromatic N) is 1. The molecular formula is C23H30N2O3S. The van der Waals surface area contributed by atoms with E-state index >= 15 is 0 Å². The Morgan fingerprint density at radius 3 is 2.41 bits per heavy atom. The first-order valence-electron chi connectivity index (χ1n) is 10.2. The Hall–Kier alpha value is -2.34. The molecule has 2 aromatic rings. The van der Waals surface area contributed by atoms with Gasteiger partial charge in [-0.15, -0.1) is 0 Å². The van der Waals surface area contributed by atoms with E-state index < -0.39 is 10.0 Å². The topological polar surface area (TPSA) is 66.5 Å². The minimum absolute atomic E-state index is 0.0478. The first-order valence-corrected chi connectivity index (χ1v) is 12.0. The van der Waals surface area contributed by atoms with Crippen molar-refractivity contribution in [1.29, 1.82) is 0 Å². The molecule has 6 heteroatoms. The van der Waals surface area contributed by atoms with Crippen molar-refractivity contribution in [3.8, 4) is 0 Å². The minimum Gasteiger partial charge on any atom is -0.345 e. The van der Waals surface area contributed by atoms with E-state index in [0.717, 1.165) is 36.6 Å². The lowest BCUT2D eigenvalue weighted by Crippen LogP contribution is -2.29. The highest BCUT2D eigenvalue weighted by atomic mass is 32.2. The normalized spacial score (nSPS) is 14.8. The molecule has 0 fully saturated rings. The SMILES string of the molecule is CC[C@H](NC(=O)c1ccc(N(C)S(C)(=O)=O)c(C)c1)c1ccc2c(c1)CCCC2. The van der Waals surface area contributed by atoms with Gasteiger partial charge < -0.3 is 5.32 Å². The maximum atomic E-state index is 12.9. The molecule has 0 spiro atoms. The summed E-state index contributed by atoms with van der Waals surface area (Å²) in [7, 11) is -1.83. The number of fused-ring (bicyclic) bond motifs is 1. The number of benzene rings is 2. The summed E-state index contributed by atoms with van der Waals surface area (Å²) in [5, 5.41) is 3.14. The Kier molecular flexibility index (Phi) is 6.32. The number of aryl methyl sites for hydroxylation is 3. The van der Waals surface area contributed by atoms with E-state index in [1.165, 1.54) is 35.3 Å². The van der Waals surface area contributed by atoms with Crippen molar-refractivity contribution in [1.82, 2.24) is 5.32 Å². The van der Waals surface area contributed by atoms with E-state index in [1.54, 1.807) is 18.2 Å². The van der Waals surface area contributed by atoms with E-state index in [0.29, 0.717) is 11.3 Å². The number of hydrogen-bond acceptors (Lipinski definition) is 3. The number of hydrogen-bond donors (Lipinski definition) is 1. The van der Waals surface area contributed by atoms with Crippen LogP contribution in [0.4, 0.5) is 5.69 Å². The number of amides is 1. The molecule has 0 unspecified atom stereocenters. The predicted molar refractivity (Wildman–Crippen MR) is 118 cm³/mol. The molecule has 1 amide bonds. The van der Waals surface area contributed by atoms with Crippen molar-refractivity contribution in [3.05, 3.63) is 64.2 Å². The predicted octanol–water partition coefficient (Wildman–Crippen LogP) is 4.15. The van der Waals surface area contributed by atoms with Gasteiger partial charge in [0.1, 0.15) is 0 Å². The van der Waals surface area contributed by atoms with Crippen LogP contribution in [0, 0.1) is 6.92 Å². The molecule has 29 heavy (non-hydrogen) atoms. The Bertz CT molecular complexity index is 1010. The largest absolute Gasteiger partial charge is 0.345 e. The lowest BCUT2D eigenvalue weighted by molar-refractivity contribution is 0.0935. The third kappa shape index (κ3) is 4.81. The van der Waals surface area contributed by atoms with Crippen LogP contribution in [0.1, 0.15) is 64.8 Å². The van der Waals surface area contributed by atoms with Gasteiger partial charge in [0.2, 0.25) is 10.0 Å². The van der Waals surface area contributed by atoms with Crippen LogP contribution in [0.25, 0.3) is 0 Å². The van der Waals surface area contributed by atoms with Crippen LogP contribution in [-0.4, -0.2) is 27.6 Å². The molecule has 3 rings (SSSR count). The fourth-order valence-electron chi connectivity index (χ4n) is 3.96. The maximum absolute atomic E-state index is 12.9. The maximum Gasteiger partial charge on any atom is 0.251 e. The minimum atomic E-state index is -3.35. The molecule has 2 aromatic carbocycles. The van der Waals surface area contributed by atoms with E-state index in [9.17, 15) is 13.2 Å². The molecule has 0 heterocycles. The summed E-state index contributed by atoms with van der Waals surface area (Å²) in [6, 6.07) is 11.6. The van der Waals surface area contributed by atoms with Crippen molar-refractivity contribution in [2.45, 2.75) is 52.0 Å². The van der Waals surface area contributed by atoms with E-state index in [4.69, 9.17) is 0 Å². The fraction of sp³-hybridized carbons (Fsp3) is 0.435. The molecule has 5 nitrogen and oxygen atoms in total. The van der Waals surface area contributed by atoms with Gasteiger partial charge in [0.15, 0.2) is 0 Å². The molecular weight excluding hydrogens is 384 g/mol. The Morgan fingerprint density at radius 2 is 1.79 bits per heavy atom. The number of nitrogens with one attached hydrogen (secondary N) is 1. The van der Waals surface area contributed by atoms with Gasteiger partial charge in [-0.25, -0.2) is 8.42 Å². The fourth-order valence-corrected chi connectivity index (χ4v) is 4.52. The monoisotopic (exact) mass is 414 g/mol. The van der Waals surface area contributed by atoms with Crippen molar-refractivity contribution >= 4 is 21.6 Å². The van der Waals surface area contributed by atoms with Crippen molar-refractivity contribution < 1.29 is 13.2 Å². The Labute approximate surface area is 174 Å². The van der Waals surface area contributed by atoms with E-state index in [-0.39, 0.29) is 11.9 Å². The Morgan fingerprint density at radius 1 is 1.10 bits per heavy atom. The van der Waals surface area contributed by atoms with Gasteiger partial charge in [0, 0.05) is 12.6 Å². The third-order valence-corrected chi connectivity index (χ3v) is 6.98. The van der Waals surface area contributed by atoms with Crippen molar-refractivity contribution in [3.63, 3.8) is 0 Å². The number of carbonyl (C=O) groups is 1. The highest BCUT2D eigenvalue weighted by Gasteiger charge is 2.19. The van der Waals surface area contributed by atoms with Crippen LogP contribution >= 0.6 is 0 Å². The summed E-state index contributed by atoms with van der Waals surface area (Å²) in [5.41, 5.74) is 5.84. The van der Waals surface area contributed by atoms with Crippen molar-refractivity contribution in [2.75, 3.05) is 17.6 Å². The van der Waals surface area contributed by atoms with Gasteiger partial charge in [0.05, 0.1) is 18.0 Å². The molecule has 1 aliphatic rings. The van der Waals surface area contributed by atoms with Crippen LogP contribution < -0.4 is 9.62 Å². The zero-order valence-corrected chi connectivity index (χ0v) is 18.5. The van der Waals surface area contributed by atoms with Gasteiger partial charge in [-0.1, -0.05) is 25.1 Å². The summed E-state index contributed by atoms with van der Waals surface area (Å²) < 4.78 is 24.8. The second-order valence-corrected chi connectivity index (χ2v) is 9.92. The summed E-state index contributed by atoms with van der Waals surface area (Å²) >= 11 is 0. The molecule has 1 atom stereocenters. The van der Waals surface area contributed by atoms with Crippen LogP contribution in [0.15, 0.2) is 36.4 Å². The highest BCUT2D eigenvalue weighted by molar-refractivity contribution is 7.92. The quantitative estimate of drug-likeness (QED) is 0.772. The second kappa shape index (κ2) is 8.57. The van der Waals surface area contributed by atoms with Gasteiger partial charge in [-0.2, -0.15) is 0 Å². The first kappa shape index (κ1) is 21.4. The first-order chi connectivity index (χ1) is 13.7. The van der Waals surface area contributed by atoms with E-state index in [1.807, 2.05) is 6.92 Å². The van der Waals surface area contributed by atoms with Gasteiger partial charge in [-0.05, 0) is 79.5 Å². The smallest absolute Gasteiger partial charge is 0.251 e. The molecule has 0 saturated carbocycles. The molecule has 0 bridgehead atoms. The average molecular weight is 415 g/mol. The van der Waals surface area contributed by atoms with E-state index in [2.05, 4.69) is 30.4 Å². The summed E-state index contributed by atoms with van der Waals surface area (Å²) in [6.45, 7) is 3.88. The lowest BCUT2D eigenvalue weighted by atomic mass is 9.88. The number of anilines is 1. The van der Waals surface area contributed by atoms with Crippen LogP contribution in [0.2, 0.25) is 0 Å². The standard InChI is InChI=1S/C23H30N2O3S/c1-5-21(19-11-10-17-8-6-7-9-18(17)15-19)24-23(26)20-12-13-22(16(2)14-20)25(3)29(4,27)28/h10-15,21H,5-9H2,1-4H3,(H,24,26)/t21-/m0/s1. The lowest BCUT2D eigenvalue weighted by Gasteiger charge is -2.22. The molecule has 1 aliphatic carbocycles. The number of rotatable bonds is 6. The summed E-state index contributed by atoms with van der Waals surface area (Å²) in [4.78, 5) is 12.9. The zero-order valence-electron chi connectivity index (χ0n) is 17.7. The Balaban J connectivity index is 1.79. The summed E-state index contributed by atoms with van der Waals surface area (Å²) in [5.74, 6) is -0.147. The third-order valence-electron chi connectivity index (χ3n) is 5.78. The average Bonchev–Trinajstić information content (AvgIpc) is 2.70. The number of sulfonamides is 1. The zero-order chi connectivity index (χ0) is 21.2. The van der Waals surface area contributed by atoms with Crippen LogP contribution in [-0.2, 0) is 22.9 Å². The molecule has 0 aromatic heterocycles. The highest BCUT2D eigenvalue weighted by Crippen LogP contribution is 2.27. The van der Waals surface area contributed by atoms with Crippen LogP contribution in [0.5, 0.6) is 0 Å². The molecule has 0 aliphatic heterocycles. The molecule has 0 saturated heterocycles. The molecule has 156 valence electrons. The number of carbonyl (C=O) groups excluding carboxylic acids is 1. The summed E-state index contributed by atoms with van der Waals surface area (Å²) in [6.07, 6.45) is 6.71. The van der Waals surface area contributed by atoms with Crippen LogP contribution in [0.3, 0.4) is 0 Å². The van der Waals surface area contributed by atoms with Gasteiger partial charge >= 0.3 is 0 Å². The second-order valence-electron chi connectivity index (χ2n) is 7.90. The van der Waals surface area contributed by atoms with Gasteiger partial charge in [0.25, 0.3) is 5.91 Å². The molecule has 0 radical (unpaired) electrons.